The van der Waals surface area contributed by atoms with Crippen molar-refractivity contribution in [3.8, 4) is 0 Å². The lowest BCUT2D eigenvalue weighted by molar-refractivity contribution is -0.138. The van der Waals surface area contributed by atoms with Crippen LogP contribution in [0.3, 0.4) is 0 Å². The molecule has 15 heavy (non-hydrogen) atoms. The smallest absolute Gasteiger partial charge is 0.333 e. The van der Waals surface area contributed by atoms with Gasteiger partial charge in [-0.15, -0.1) is 0 Å². The SMILES string of the molecule is C=C(C)C(=O)OCCC[Si](C)(CC)CC. The summed E-state index contributed by atoms with van der Waals surface area (Å²) in [5, 5.41) is 0. The number of esters is 1. The quantitative estimate of drug-likeness (QED) is 0.288. The van der Waals surface area contributed by atoms with Crippen LogP contribution in [0.4, 0.5) is 0 Å². The summed E-state index contributed by atoms with van der Waals surface area (Å²) in [5.41, 5.74) is 0.487. The fourth-order valence-electron chi connectivity index (χ4n) is 1.39. The molecule has 3 heteroatoms. The summed E-state index contributed by atoms with van der Waals surface area (Å²) >= 11 is 0. The zero-order valence-corrected chi connectivity index (χ0v) is 11.6. The van der Waals surface area contributed by atoms with Gasteiger partial charge in [-0.25, -0.2) is 4.79 Å². The van der Waals surface area contributed by atoms with E-state index < -0.39 is 8.07 Å². The van der Waals surface area contributed by atoms with Gasteiger partial charge in [-0.05, 0) is 13.3 Å². The first-order chi connectivity index (χ1) is 6.95. The second-order valence-electron chi connectivity index (χ2n) is 4.54. The molecule has 0 bridgehead atoms. The molecule has 0 saturated carbocycles. The largest absolute Gasteiger partial charge is 0.462 e. The van der Waals surface area contributed by atoms with E-state index in [1.807, 2.05) is 0 Å². The summed E-state index contributed by atoms with van der Waals surface area (Å²) in [5.74, 6) is -0.258. The van der Waals surface area contributed by atoms with Crippen LogP contribution in [0.5, 0.6) is 0 Å². The fraction of sp³-hybridized carbons (Fsp3) is 0.750. The average molecular weight is 228 g/mol. The van der Waals surface area contributed by atoms with Crippen LogP contribution in [-0.2, 0) is 9.53 Å². The first kappa shape index (κ1) is 14.4. The molecule has 0 amide bonds. The van der Waals surface area contributed by atoms with Crippen molar-refractivity contribution in [2.75, 3.05) is 6.61 Å². The molecule has 0 aliphatic rings. The minimum atomic E-state index is -1.01. The van der Waals surface area contributed by atoms with Crippen molar-refractivity contribution in [2.24, 2.45) is 0 Å². The van der Waals surface area contributed by atoms with E-state index in [4.69, 9.17) is 4.74 Å². The van der Waals surface area contributed by atoms with Gasteiger partial charge in [0, 0.05) is 5.57 Å². The van der Waals surface area contributed by atoms with Crippen molar-refractivity contribution in [1.82, 2.24) is 0 Å². The monoisotopic (exact) mass is 228 g/mol. The maximum Gasteiger partial charge on any atom is 0.333 e. The summed E-state index contributed by atoms with van der Waals surface area (Å²) < 4.78 is 5.07. The van der Waals surface area contributed by atoms with Gasteiger partial charge in [0.15, 0.2) is 0 Å². The van der Waals surface area contributed by atoms with Crippen LogP contribution >= 0.6 is 0 Å². The van der Waals surface area contributed by atoms with Crippen molar-refractivity contribution in [1.29, 1.82) is 0 Å². The van der Waals surface area contributed by atoms with E-state index >= 15 is 0 Å². The van der Waals surface area contributed by atoms with Gasteiger partial charge in [-0.1, -0.05) is 45.1 Å². The number of rotatable bonds is 7. The second-order valence-corrected chi connectivity index (χ2v) is 10.1. The predicted octanol–water partition coefficient (Wildman–Crippen LogP) is 3.61. The van der Waals surface area contributed by atoms with Gasteiger partial charge >= 0.3 is 5.97 Å². The third kappa shape index (κ3) is 5.77. The molecular formula is C12H24O2Si. The molecule has 0 radical (unpaired) electrons. The number of hydrogen-bond donors (Lipinski definition) is 0. The van der Waals surface area contributed by atoms with Gasteiger partial charge in [0.05, 0.1) is 14.7 Å². The molecule has 0 heterocycles. The van der Waals surface area contributed by atoms with Crippen molar-refractivity contribution >= 4 is 14.0 Å². The Balaban J connectivity index is 3.71. The molecule has 88 valence electrons. The summed E-state index contributed by atoms with van der Waals surface area (Å²) in [4.78, 5) is 11.1. The molecule has 0 atom stereocenters. The Labute approximate surface area is 94.7 Å². The van der Waals surface area contributed by atoms with Gasteiger partial charge in [0.25, 0.3) is 0 Å². The van der Waals surface area contributed by atoms with Crippen molar-refractivity contribution in [2.45, 2.75) is 51.9 Å². The lowest BCUT2D eigenvalue weighted by Crippen LogP contribution is -2.27. The number of carbonyl (C=O) groups is 1. The van der Waals surface area contributed by atoms with Crippen LogP contribution in [0.2, 0.25) is 24.7 Å². The third-order valence-electron chi connectivity index (χ3n) is 3.21. The van der Waals surface area contributed by atoms with Gasteiger partial charge in [-0.3, -0.25) is 0 Å². The summed E-state index contributed by atoms with van der Waals surface area (Å²) in [6, 6.07) is 3.89. The minimum absolute atomic E-state index is 0.258. The molecule has 0 fully saturated rings. The number of hydrogen-bond acceptors (Lipinski definition) is 2. The van der Waals surface area contributed by atoms with E-state index in [-0.39, 0.29) is 5.97 Å². The van der Waals surface area contributed by atoms with Crippen LogP contribution in [0.15, 0.2) is 12.2 Å². The van der Waals surface area contributed by atoms with E-state index in [0.29, 0.717) is 12.2 Å². The second kappa shape index (κ2) is 6.83. The third-order valence-corrected chi connectivity index (χ3v) is 8.19. The Morgan fingerprint density at radius 2 is 1.87 bits per heavy atom. The average Bonchev–Trinajstić information content (AvgIpc) is 2.23. The normalized spacial score (nSPS) is 11.2. The van der Waals surface area contributed by atoms with Gasteiger partial charge < -0.3 is 4.74 Å². The topological polar surface area (TPSA) is 26.3 Å². The van der Waals surface area contributed by atoms with E-state index in [2.05, 4.69) is 27.0 Å². The van der Waals surface area contributed by atoms with Crippen LogP contribution in [-0.4, -0.2) is 20.7 Å². The maximum absolute atomic E-state index is 11.1. The standard InChI is InChI=1S/C12H24O2Si/c1-6-15(5,7-2)10-8-9-14-12(13)11(3)4/h3,6-10H2,1-2,4-5H3. The lowest BCUT2D eigenvalue weighted by Gasteiger charge is -2.23. The molecule has 0 aromatic carbocycles. The highest BCUT2D eigenvalue weighted by Gasteiger charge is 2.21. The van der Waals surface area contributed by atoms with E-state index in [1.54, 1.807) is 6.92 Å². The van der Waals surface area contributed by atoms with Gasteiger partial charge in [0.2, 0.25) is 0 Å². The fourth-order valence-corrected chi connectivity index (χ4v) is 3.60. The first-order valence-electron chi connectivity index (χ1n) is 5.78. The van der Waals surface area contributed by atoms with Crippen molar-refractivity contribution in [3.05, 3.63) is 12.2 Å². The predicted molar refractivity (Wildman–Crippen MR) is 67.8 cm³/mol. The Hall–Kier alpha value is -0.573. The molecule has 0 aromatic rings. The van der Waals surface area contributed by atoms with Gasteiger partial charge in [-0.2, -0.15) is 0 Å². The highest BCUT2D eigenvalue weighted by Crippen LogP contribution is 2.21. The van der Waals surface area contributed by atoms with Gasteiger partial charge in [0.1, 0.15) is 0 Å². The molecular weight excluding hydrogens is 204 g/mol. The Morgan fingerprint density at radius 3 is 2.27 bits per heavy atom. The summed E-state index contributed by atoms with van der Waals surface area (Å²) in [7, 11) is -1.01. The molecule has 0 aliphatic heterocycles. The van der Waals surface area contributed by atoms with E-state index in [0.717, 1.165) is 6.42 Å². The van der Waals surface area contributed by atoms with Crippen molar-refractivity contribution in [3.63, 3.8) is 0 Å². The number of carbonyl (C=O) groups excluding carboxylic acids is 1. The zero-order chi connectivity index (χ0) is 11.9. The highest BCUT2D eigenvalue weighted by atomic mass is 28.3. The minimum Gasteiger partial charge on any atom is -0.462 e. The number of ether oxygens (including phenoxy) is 1. The molecule has 0 saturated heterocycles. The van der Waals surface area contributed by atoms with Crippen molar-refractivity contribution < 1.29 is 9.53 Å². The summed E-state index contributed by atoms with van der Waals surface area (Å²) in [6.45, 7) is 12.7. The Kier molecular flexibility index (Phi) is 6.57. The van der Waals surface area contributed by atoms with Crippen LogP contribution in [0.1, 0.15) is 27.2 Å². The van der Waals surface area contributed by atoms with E-state index in [1.165, 1.54) is 18.1 Å². The molecule has 2 nitrogen and oxygen atoms in total. The lowest BCUT2D eigenvalue weighted by atomic mass is 10.4. The summed E-state index contributed by atoms with van der Waals surface area (Å²) in [6.07, 6.45) is 1.00. The van der Waals surface area contributed by atoms with Crippen LogP contribution < -0.4 is 0 Å². The molecule has 0 aliphatic carbocycles. The Bertz CT molecular complexity index is 220. The molecule has 0 unspecified atom stereocenters. The molecule has 0 aromatic heterocycles. The Morgan fingerprint density at radius 1 is 1.33 bits per heavy atom. The first-order valence-corrected chi connectivity index (χ1v) is 8.90. The van der Waals surface area contributed by atoms with E-state index in [9.17, 15) is 4.79 Å². The van der Waals surface area contributed by atoms with Crippen LogP contribution in [0, 0.1) is 0 Å². The van der Waals surface area contributed by atoms with Crippen LogP contribution in [0.25, 0.3) is 0 Å². The molecule has 0 rings (SSSR count). The zero-order valence-electron chi connectivity index (χ0n) is 10.6. The maximum atomic E-state index is 11.1. The molecule has 0 N–H and O–H groups in total. The highest BCUT2D eigenvalue weighted by molar-refractivity contribution is 6.78. The molecule has 0 spiro atoms.